The Hall–Kier alpha value is -0.400. The van der Waals surface area contributed by atoms with Gasteiger partial charge >= 0.3 is 0 Å². The third kappa shape index (κ3) is 3.41. The van der Waals surface area contributed by atoms with Gasteiger partial charge in [-0.05, 0) is 0 Å². The standard InChI is InChI=1S/C12H22O10/c13-1-5-8(17)9(18)10(19)12(21-5)22-11-6(2-14)20-3-4(15)7(11)16/h4-19H,1-3H2/t4-,5+,6+,7+,8+,9-,10+,11+,12+/m0/s1. The molecule has 2 heterocycles. The molecule has 22 heavy (non-hydrogen) atoms. The van der Waals surface area contributed by atoms with E-state index in [2.05, 4.69) is 0 Å². The molecule has 0 unspecified atom stereocenters. The molecular weight excluding hydrogens is 304 g/mol. The molecule has 0 aromatic heterocycles. The van der Waals surface area contributed by atoms with Crippen LogP contribution in [0.3, 0.4) is 0 Å². The molecule has 2 rings (SSSR count). The first-order valence-electron chi connectivity index (χ1n) is 6.95. The van der Waals surface area contributed by atoms with Gasteiger partial charge in [0, 0.05) is 0 Å². The zero-order valence-corrected chi connectivity index (χ0v) is 11.7. The van der Waals surface area contributed by atoms with E-state index < -0.39 is 68.3 Å². The lowest BCUT2D eigenvalue weighted by Crippen LogP contribution is -2.63. The highest BCUT2D eigenvalue weighted by atomic mass is 16.7. The summed E-state index contributed by atoms with van der Waals surface area (Å²) < 4.78 is 15.6. The van der Waals surface area contributed by atoms with Crippen LogP contribution in [0, 0.1) is 0 Å². The monoisotopic (exact) mass is 326 g/mol. The second kappa shape index (κ2) is 7.45. The van der Waals surface area contributed by atoms with E-state index in [0.29, 0.717) is 0 Å². The molecule has 9 atom stereocenters. The predicted molar refractivity (Wildman–Crippen MR) is 67.5 cm³/mol. The van der Waals surface area contributed by atoms with Gasteiger partial charge in [0.25, 0.3) is 0 Å². The lowest BCUT2D eigenvalue weighted by molar-refractivity contribution is -0.336. The Labute approximate surface area is 126 Å². The quantitative estimate of drug-likeness (QED) is 0.266. The number of aliphatic hydroxyl groups excluding tert-OH is 7. The summed E-state index contributed by atoms with van der Waals surface area (Å²) >= 11 is 0. The Balaban J connectivity index is 2.09. The van der Waals surface area contributed by atoms with E-state index >= 15 is 0 Å². The van der Waals surface area contributed by atoms with Crippen molar-refractivity contribution in [1.82, 2.24) is 0 Å². The summed E-state index contributed by atoms with van der Waals surface area (Å²) in [4.78, 5) is 0. The van der Waals surface area contributed by atoms with Crippen molar-refractivity contribution in [2.24, 2.45) is 0 Å². The third-order valence-corrected chi connectivity index (χ3v) is 3.90. The van der Waals surface area contributed by atoms with Gasteiger partial charge in [-0.15, -0.1) is 0 Å². The molecular formula is C12H22O10. The zero-order valence-electron chi connectivity index (χ0n) is 11.7. The highest BCUT2D eigenvalue weighted by Crippen LogP contribution is 2.27. The molecule has 0 radical (unpaired) electrons. The van der Waals surface area contributed by atoms with Gasteiger partial charge in [0.1, 0.15) is 48.8 Å². The van der Waals surface area contributed by atoms with Crippen LogP contribution in [-0.4, -0.2) is 111 Å². The van der Waals surface area contributed by atoms with Crippen molar-refractivity contribution in [2.75, 3.05) is 19.8 Å². The minimum absolute atomic E-state index is 0.194. The van der Waals surface area contributed by atoms with Gasteiger partial charge in [-0.25, -0.2) is 0 Å². The van der Waals surface area contributed by atoms with Crippen molar-refractivity contribution in [3.05, 3.63) is 0 Å². The second-order valence-corrected chi connectivity index (χ2v) is 5.41. The maximum absolute atomic E-state index is 9.93. The predicted octanol–water partition coefficient (Wildman–Crippen LogP) is -4.72. The topological polar surface area (TPSA) is 169 Å². The molecule has 130 valence electrons. The van der Waals surface area contributed by atoms with Gasteiger partial charge in [-0.1, -0.05) is 0 Å². The molecule has 0 spiro atoms. The Morgan fingerprint density at radius 3 is 2.05 bits per heavy atom. The van der Waals surface area contributed by atoms with Crippen LogP contribution in [0.1, 0.15) is 0 Å². The molecule has 0 aromatic carbocycles. The van der Waals surface area contributed by atoms with Crippen molar-refractivity contribution in [3.8, 4) is 0 Å². The number of ether oxygens (including phenoxy) is 3. The van der Waals surface area contributed by atoms with E-state index in [0.717, 1.165) is 0 Å². The summed E-state index contributed by atoms with van der Waals surface area (Å²) in [6, 6.07) is 0. The maximum Gasteiger partial charge on any atom is 0.187 e. The zero-order chi connectivity index (χ0) is 16.4. The van der Waals surface area contributed by atoms with Gasteiger partial charge in [0.2, 0.25) is 0 Å². The van der Waals surface area contributed by atoms with Crippen LogP contribution in [0.4, 0.5) is 0 Å². The van der Waals surface area contributed by atoms with Crippen molar-refractivity contribution in [2.45, 2.75) is 55.1 Å². The fourth-order valence-corrected chi connectivity index (χ4v) is 2.51. The van der Waals surface area contributed by atoms with Crippen molar-refractivity contribution >= 4 is 0 Å². The summed E-state index contributed by atoms with van der Waals surface area (Å²) in [6.07, 6.45) is -12.3. The van der Waals surface area contributed by atoms with E-state index in [1.165, 1.54) is 0 Å². The average Bonchev–Trinajstić information content (AvgIpc) is 2.52. The van der Waals surface area contributed by atoms with Crippen LogP contribution in [0.2, 0.25) is 0 Å². The normalized spacial score (nSPS) is 50.0. The molecule has 0 amide bonds. The molecule has 2 aliphatic rings. The molecule has 0 bridgehead atoms. The first-order chi connectivity index (χ1) is 10.4. The number of aliphatic hydroxyl groups is 7. The maximum atomic E-state index is 9.93. The first kappa shape index (κ1) is 17.9. The van der Waals surface area contributed by atoms with Crippen molar-refractivity contribution < 1.29 is 50.0 Å². The molecule has 2 aliphatic heterocycles. The van der Waals surface area contributed by atoms with E-state index in [1.54, 1.807) is 0 Å². The Morgan fingerprint density at radius 2 is 1.45 bits per heavy atom. The highest BCUT2D eigenvalue weighted by molar-refractivity contribution is 4.92. The Bertz CT molecular complexity index is 351. The summed E-state index contributed by atoms with van der Waals surface area (Å²) in [6.45, 7) is -1.33. The largest absolute Gasteiger partial charge is 0.394 e. The lowest BCUT2D eigenvalue weighted by atomic mass is 9.97. The highest BCUT2D eigenvalue weighted by Gasteiger charge is 2.48. The number of hydrogen-bond donors (Lipinski definition) is 7. The molecule has 2 fully saturated rings. The second-order valence-electron chi connectivity index (χ2n) is 5.41. The van der Waals surface area contributed by atoms with Gasteiger partial charge in [-0.3, -0.25) is 0 Å². The minimum Gasteiger partial charge on any atom is -0.394 e. The first-order valence-corrected chi connectivity index (χ1v) is 6.95. The summed E-state index contributed by atoms with van der Waals surface area (Å²) in [5.74, 6) is 0. The molecule has 7 N–H and O–H groups in total. The van der Waals surface area contributed by atoms with E-state index in [-0.39, 0.29) is 6.61 Å². The average molecular weight is 326 g/mol. The van der Waals surface area contributed by atoms with Gasteiger partial charge in [0.05, 0.1) is 19.8 Å². The Kier molecular flexibility index (Phi) is 6.07. The fraction of sp³-hybridized carbons (Fsp3) is 1.00. The van der Waals surface area contributed by atoms with Crippen LogP contribution in [0.5, 0.6) is 0 Å². The minimum atomic E-state index is -1.65. The van der Waals surface area contributed by atoms with Crippen molar-refractivity contribution in [1.29, 1.82) is 0 Å². The van der Waals surface area contributed by atoms with Crippen LogP contribution in [0.15, 0.2) is 0 Å². The summed E-state index contributed by atoms with van der Waals surface area (Å²) in [7, 11) is 0. The molecule has 0 saturated carbocycles. The SMILES string of the molecule is OC[C@H]1O[C@H](O[C@H]2[C@H](O)[C@@H](O)CO[C@@H]2CO)[C@H](O)[C@@H](O)[C@@H]1O. The van der Waals surface area contributed by atoms with Gasteiger partial charge < -0.3 is 50.0 Å². The molecule has 2 saturated heterocycles. The Morgan fingerprint density at radius 1 is 0.818 bits per heavy atom. The van der Waals surface area contributed by atoms with Crippen LogP contribution in [0.25, 0.3) is 0 Å². The van der Waals surface area contributed by atoms with Crippen molar-refractivity contribution in [3.63, 3.8) is 0 Å². The number of hydrogen-bond acceptors (Lipinski definition) is 10. The van der Waals surface area contributed by atoms with E-state index in [1.807, 2.05) is 0 Å². The molecule has 0 aromatic rings. The molecule has 0 aliphatic carbocycles. The van der Waals surface area contributed by atoms with E-state index in [4.69, 9.17) is 19.3 Å². The van der Waals surface area contributed by atoms with Crippen LogP contribution < -0.4 is 0 Å². The number of rotatable bonds is 4. The summed E-state index contributed by atoms with van der Waals surface area (Å²) in [5.41, 5.74) is 0. The molecule has 10 nitrogen and oxygen atoms in total. The van der Waals surface area contributed by atoms with Gasteiger partial charge in [-0.2, -0.15) is 0 Å². The van der Waals surface area contributed by atoms with Crippen LogP contribution >= 0.6 is 0 Å². The lowest BCUT2D eigenvalue weighted by Gasteiger charge is -2.44. The van der Waals surface area contributed by atoms with Crippen LogP contribution in [-0.2, 0) is 14.2 Å². The smallest absolute Gasteiger partial charge is 0.187 e. The third-order valence-electron chi connectivity index (χ3n) is 3.90. The molecule has 10 heteroatoms. The van der Waals surface area contributed by atoms with Gasteiger partial charge in [0.15, 0.2) is 6.29 Å². The van der Waals surface area contributed by atoms with E-state index in [9.17, 15) is 30.6 Å². The summed E-state index contributed by atoms with van der Waals surface area (Å²) in [5, 5.41) is 67.0. The fourth-order valence-electron chi connectivity index (χ4n) is 2.51.